The standard InChI is InChI=1S/C16H22F2N4/c1-20-6-8-22(9-7-20)16-11-13(17)15(10-14(16)18)21-4-2-12(19)3-5-21/h10-11,19H,2-9H2,1H3. The highest BCUT2D eigenvalue weighted by Crippen LogP contribution is 2.30. The van der Waals surface area contributed by atoms with Crippen LogP contribution in [0.5, 0.6) is 0 Å². The molecule has 0 saturated carbocycles. The maximum atomic E-state index is 14.5. The van der Waals surface area contributed by atoms with E-state index >= 15 is 0 Å². The van der Waals surface area contributed by atoms with Gasteiger partial charge in [0.25, 0.3) is 0 Å². The highest BCUT2D eigenvalue weighted by atomic mass is 19.1. The number of hydrogen-bond donors (Lipinski definition) is 1. The van der Waals surface area contributed by atoms with Crippen molar-refractivity contribution < 1.29 is 8.78 Å². The molecule has 1 N–H and O–H groups in total. The van der Waals surface area contributed by atoms with Crippen molar-refractivity contribution in [2.24, 2.45) is 0 Å². The average molecular weight is 308 g/mol. The maximum Gasteiger partial charge on any atom is 0.148 e. The Kier molecular flexibility index (Phi) is 4.29. The molecule has 120 valence electrons. The molecule has 0 aromatic heterocycles. The summed E-state index contributed by atoms with van der Waals surface area (Å²) >= 11 is 0. The number of rotatable bonds is 2. The van der Waals surface area contributed by atoms with E-state index in [1.54, 1.807) is 0 Å². The Labute approximate surface area is 129 Å². The van der Waals surface area contributed by atoms with Gasteiger partial charge in [-0.15, -0.1) is 0 Å². The molecule has 0 bridgehead atoms. The monoisotopic (exact) mass is 308 g/mol. The van der Waals surface area contributed by atoms with E-state index < -0.39 is 0 Å². The summed E-state index contributed by atoms with van der Waals surface area (Å²) in [5, 5.41) is 7.62. The zero-order valence-corrected chi connectivity index (χ0v) is 12.9. The lowest BCUT2D eigenvalue weighted by atomic mass is 10.1. The Morgan fingerprint density at radius 1 is 0.818 bits per heavy atom. The Morgan fingerprint density at radius 2 is 1.27 bits per heavy atom. The number of piperazine rings is 1. The Balaban J connectivity index is 1.80. The average Bonchev–Trinajstić information content (AvgIpc) is 2.51. The van der Waals surface area contributed by atoms with Gasteiger partial charge in [-0.25, -0.2) is 8.78 Å². The molecule has 1 aromatic rings. The van der Waals surface area contributed by atoms with Gasteiger partial charge in [0.1, 0.15) is 11.6 Å². The summed E-state index contributed by atoms with van der Waals surface area (Å²) in [6.07, 6.45) is 1.25. The second-order valence-corrected chi connectivity index (χ2v) is 6.14. The van der Waals surface area contributed by atoms with Crippen molar-refractivity contribution in [3.8, 4) is 0 Å². The molecule has 0 aliphatic carbocycles. The first-order valence-electron chi connectivity index (χ1n) is 7.78. The number of halogens is 2. The van der Waals surface area contributed by atoms with E-state index in [0.29, 0.717) is 56.1 Å². The fourth-order valence-corrected chi connectivity index (χ4v) is 3.08. The smallest absolute Gasteiger partial charge is 0.148 e. The van der Waals surface area contributed by atoms with Gasteiger partial charge in [-0.2, -0.15) is 0 Å². The molecule has 0 radical (unpaired) electrons. The summed E-state index contributed by atoms with van der Waals surface area (Å²) in [6, 6.07) is 2.65. The van der Waals surface area contributed by atoms with Crippen LogP contribution in [0.1, 0.15) is 12.8 Å². The van der Waals surface area contributed by atoms with E-state index in [1.165, 1.54) is 12.1 Å². The molecule has 0 spiro atoms. The third-order valence-corrected chi connectivity index (χ3v) is 4.57. The molecule has 2 fully saturated rings. The van der Waals surface area contributed by atoms with Crippen molar-refractivity contribution in [2.45, 2.75) is 12.8 Å². The van der Waals surface area contributed by atoms with E-state index in [0.717, 1.165) is 13.1 Å². The summed E-state index contributed by atoms with van der Waals surface area (Å²) in [5.74, 6) is -0.731. The SMILES string of the molecule is CN1CCN(c2cc(F)c(N3CCC(=N)CC3)cc2F)CC1. The number of piperidine rings is 1. The molecule has 3 rings (SSSR count). The van der Waals surface area contributed by atoms with Crippen LogP contribution in [0.3, 0.4) is 0 Å². The molecule has 2 aliphatic rings. The molecule has 2 heterocycles. The Morgan fingerprint density at radius 3 is 1.77 bits per heavy atom. The third-order valence-electron chi connectivity index (χ3n) is 4.57. The molecule has 2 saturated heterocycles. The van der Waals surface area contributed by atoms with Gasteiger partial charge in [0.05, 0.1) is 11.4 Å². The van der Waals surface area contributed by atoms with Crippen molar-refractivity contribution >= 4 is 17.1 Å². The van der Waals surface area contributed by atoms with Crippen molar-refractivity contribution in [3.63, 3.8) is 0 Å². The first-order chi connectivity index (χ1) is 10.5. The lowest BCUT2D eigenvalue weighted by molar-refractivity contribution is 0.311. The van der Waals surface area contributed by atoms with Crippen LogP contribution in [0.4, 0.5) is 20.2 Å². The fourth-order valence-electron chi connectivity index (χ4n) is 3.08. The van der Waals surface area contributed by atoms with Crippen LogP contribution in [0.25, 0.3) is 0 Å². The highest BCUT2D eigenvalue weighted by Gasteiger charge is 2.23. The summed E-state index contributed by atoms with van der Waals surface area (Å²) in [7, 11) is 2.03. The molecule has 6 heteroatoms. The Bertz CT molecular complexity index is 558. The zero-order chi connectivity index (χ0) is 15.7. The van der Waals surface area contributed by atoms with Crippen molar-refractivity contribution in [1.82, 2.24) is 4.90 Å². The van der Waals surface area contributed by atoms with Crippen molar-refractivity contribution in [1.29, 1.82) is 5.41 Å². The zero-order valence-electron chi connectivity index (χ0n) is 12.9. The predicted molar refractivity (Wildman–Crippen MR) is 85.2 cm³/mol. The third kappa shape index (κ3) is 3.06. The molecule has 0 amide bonds. The first kappa shape index (κ1) is 15.2. The number of nitrogens with one attached hydrogen (secondary N) is 1. The van der Waals surface area contributed by atoms with Crippen LogP contribution >= 0.6 is 0 Å². The predicted octanol–water partition coefficient (Wildman–Crippen LogP) is 2.34. The second kappa shape index (κ2) is 6.20. The largest absolute Gasteiger partial charge is 0.368 e. The van der Waals surface area contributed by atoms with E-state index in [2.05, 4.69) is 4.90 Å². The summed E-state index contributed by atoms with van der Waals surface area (Å²) in [6.45, 7) is 4.32. The van der Waals surface area contributed by atoms with Gasteiger partial charge < -0.3 is 20.1 Å². The molecule has 0 unspecified atom stereocenters. The highest BCUT2D eigenvalue weighted by molar-refractivity contribution is 5.83. The lowest BCUT2D eigenvalue weighted by Gasteiger charge is -2.35. The number of likely N-dealkylation sites (N-methyl/N-ethyl adjacent to an activating group) is 1. The van der Waals surface area contributed by atoms with Crippen molar-refractivity contribution in [3.05, 3.63) is 23.8 Å². The van der Waals surface area contributed by atoms with Gasteiger partial charge >= 0.3 is 0 Å². The van der Waals surface area contributed by atoms with Crippen LogP contribution < -0.4 is 9.80 Å². The molecule has 1 aromatic carbocycles. The number of anilines is 2. The topological polar surface area (TPSA) is 33.6 Å². The number of hydrogen-bond acceptors (Lipinski definition) is 4. The molecular formula is C16H22F2N4. The van der Waals surface area contributed by atoms with Gasteiger partial charge in [-0.3, -0.25) is 0 Å². The Hall–Kier alpha value is -1.69. The van der Waals surface area contributed by atoms with Crippen molar-refractivity contribution in [2.75, 3.05) is 56.1 Å². The summed E-state index contributed by atoms with van der Waals surface area (Å²) in [4.78, 5) is 5.93. The maximum absolute atomic E-state index is 14.5. The minimum absolute atomic E-state index is 0.322. The van der Waals surface area contributed by atoms with E-state index in [1.807, 2.05) is 16.8 Å². The van der Waals surface area contributed by atoms with E-state index in [9.17, 15) is 8.78 Å². The van der Waals surface area contributed by atoms with Crippen LogP contribution in [0, 0.1) is 17.0 Å². The minimum Gasteiger partial charge on any atom is -0.368 e. The second-order valence-electron chi connectivity index (χ2n) is 6.14. The molecule has 0 atom stereocenters. The van der Waals surface area contributed by atoms with Gasteiger partial charge in [-0.05, 0) is 7.05 Å². The van der Waals surface area contributed by atoms with E-state index in [4.69, 9.17) is 5.41 Å². The quantitative estimate of drug-likeness (QED) is 0.910. The molecule has 22 heavy (non-hydrogen) atoms. The van der Waals surface area contributed by atoms with Crippen LogP contribution in [0.2, 0.25) is 0 Å². The molecule has 4 nitrogen and oxygen atoms in total. The van der Waals surface area contributed by atoms with Crippen LogP contribution in [0.15, 0.2) is 12.1 Å². The van der Waals surface area contributed by atoms with Gasteiger partial charge in [0.2, 0.25) is 0 Å². The number of benzene rings is 1. The molecular weight excluding hydrogens is 286 g/mol. The molecule has 2 aliphatic heterocycles. The lowest BCUT2D eigenvalue weighted by Crippen LogP contribution is -2.45. The normalized spacial score (nSPS) is 20.6. The number of nitrogens with zero attached hydrogens (tertiary/aromatic N) is 3. The fraction of sp³-hybridized carbons (Fsp3) is 0.562. The van der Waals surface area contributed by atoms with Crippen LogP contribution in [-0.2, 0) is 0 Å². The van der Waals surface area contributed by atoms with E-state index in [-0.39, 0.29) is 11.6 Å². The minimum atomic E-state index is -0.372. The summed E-state index contributed by atoms with van der Waals surface area (Å²) < 4.78 is 28.9. The van der Waals surface area contributed by atoms with Gasteiger partial charge in [0, 0.05) is 70.0 Å². The van der Waals surface area contributed by atoms with Gasteiger partial charge in [0.15, 0.2) is 0 Å². The van der Waals surface area contributed by atoms with Gasteiger partial charge in [-0.1, -0.05) is 0 Å². The first-order valence-corrected chi connectivity index (χ1v) is 7.78. The van der Waals surface area contributed by atoms with Crippen LogP contribution in [-0.4, -0.2) is 56.9 Å². The summed E-state index contributed by atoms with van der Waals surface area (Å²) in [5.41, 5.74) is 1.37.